The van der Waals surface area contributed by atoms with Crippen LogP contribution >= 0.6 is 0 Å². The Morgan fingerprint density at radius 3 is 2.40 bits per heavy atom. The lowest BCUT2D eigenvalue weighted by Gasteiger charge is -2.22. The van der Waals surface area contributed by atoms with Gasteiger partial charge in [-0.05, 0) is 44.0 Å². The molecule has 0 radical (unpaired) electrons. The van der Waals surface area contributed by atoms with E-state index in [1.807, 2.05) is 42.5 Å². The van der Waals surface area contributed by atoms with Crippen LogP contribution in [-0.2, 0) is 35.3 Å². The number of rotatable bonds is 10. The molecule has 35 heavy (non-hydrogen) atoms. The summed E-state index contributed by atoms with van der Waals surface area (Å²) >= 11 is 0. The molecule has 2 aromatic rings. The second-order valence-electron chi connectivity index (χ2n) is 9.41. The molecular formula is C25H32N4O6. The molecular weight excluding hydrogens is 452 g/mol. The van der Waals surface area contributed by atoms with Crippen LogP contribution in [0.2, 0.25) is 0 Å². The summed E-state index contributed by atoms with van der Waals surface area (Å²) in [5, 5.41) is 9.99. The predicted molar refractivity (Wildman–Crippen MR) is 129 cm³/mol. The van der Waals surface area contributed by atoms with Crippen molar-refractivity contribution >= 4 is 34.4 Å². The van der Waals surface area contributed by atoms with E-state index < -0.39 is 47.4 Å². The van der Waals surface area contributed by atoms with Crippen LogP contribution in [0.1, 0.15) is 39.7 Å². The Bertz CT molecular complexity index is 1090. The van der Waals surface area contributed by atoms with Crippen LogP contribution < -0.4 is 21.4 Å². The van der Waals surface area contributed by atoms with Crippen LogP contribution in [0.5, 0.6) is 0 Å². The summed E-state index contributed by atoms with van der Waals surface area (Å²) in [4.78, 5) is 55.2. The van der Waals surface area contributed by atoms with Crippen LogP contribution in [0.4, 0.5) is 0 Å². The molecule has 1 aliphatic heterocycles. The van der Waals surface area contributed by atoms with Gasteiger partial charge in [0, 0.05) is 6.54 Å². The lowest BCUT2D eigenvalue weighted by Crippen LogP contribution is -2.54. The highest BCUT2D eigenvalue weighted by Gasteiger charge is 2.35. The zero-order valence-corrected chi connectivity index (χ0v) is 20.3. The number of nitrogens with one attached hydrogen (secondary N) is 4. The third-order valence-corrected chi connectivity index (χ3v) is 5.20. The van der Waals surface area contributed by atoms with Crippen molar-refractivity contribution in [2.75, 3.05) is 6.61 Å². The maximum atomic E-state index is 12.9. The van der Waals surface area contributed by atoms with E-state index in [9.17, 15) is 19.2 Å². The normalized spacial score (nSPS) is 16.6. The van der Waals surface area contributed by atoms with Crippen molar-refractivity contribution in [3.63, 3.8) is 0 Å². The van der Waals surface area contributed by atoms with Crippen molar-refractivity contribution in [2.45, 2.75) is 64.4 Å². The molecule has 10 heteroatoms. The highest BCUT2D eigenvalue weighted by Crippen LogP contribution is 2.18. The maximum Gasteiger partial charge on any atom is 0.252 e. The summed E-state index contributed by atoms with van der Waals surface area (Å²) in [5.41, 5.74) is 2.59. The van der Waals surface area contributed by atoms with Gasteiger partial charge < -0.3 is 20.7 Å². The number of hydrogen-bond acceptors (Lipinski definition) is 6. The molecule has 0 aromatic heterocycles. The Labute approximate surface area is 204 Å². The third-order valence-electron chi connectivity index (χ3n) is 5.20. The summed E-state index contributed by atoms with van der Waals surface area (Å²) in [5.74, 6) is -2.16. The zero-order chi connectivity index (χ0) is 25.6. The molecule has 1 aliphatic rings. The summed E-state index contributed by atoms with van der Waals surface area (Å²) in [6.45, 7) is 7.33. The minimum Gasteiger partial charge on any atom is -0.363 e. The minimum atomic E-state index is -1.21. The summed E-state index contributed by atoms with van der Waals surface area (Å²) in [7, 11) is 0. The molecule has 3 atom stereocenters. The van der Waals surface area contributed by atoms with Crippen molar-refractivity contribution in [3.8, 4) is 0 Å². The van der Waals surface area contributed by atoms with E-state index >= 15 is 0 Å². The topological polar surface area (TPSA) is 138 Å². The maximum absolute atomic E-state index is 12.9. The first-order valence-electron chi connectivity index (χ1n) is 11.5. The molecule has 0 saturated carbocycles. The van der Waals surface area contributed by atoms with Gasteiger partial charge in [-0.3, -0.25) is 24.0 Å². The van der Waals surface area contributed by atoms with Crippen LogP contribution in [0.15, 0.2) is 42.5 Å². The van der Waals surface area contributed by atoms with E-state index in [4.69, 9.17) is 9.57 Å². The first-order valence-corrected chi connectivity index (χ1v) is 11.5. The molecule has 188 valence electrons. The zero-order valence-electron chi connectivity index (χ0n) is 20.3. The van der Waals surface area contributed by atoms with Crippen LogP contribution in [0, 0.1) is 0 Å². The van der Waals surface area contributed by atoms with Crippen LogP contribution in [0.3, 0.4) is 0 Å². The van der Waals surface area contributed by atoms with Gasteiger partial charge in [0.25, 0.3) is 5.91 Å². The Hall–Kier alpha value is -3.50. The van der Waals surface area contributed by atoms with Crippen LogP contribution in [-0.4, -0.2) is 54.0 Å². The lowest BCUT2D eigenvalue weighted by molar-refractivity contribution is -0.147. The van der Waals surface area contributed by atoms with Gasteiger partial charge in [-0.2, -0.15) is 0 Å². The predicted octanol–water partition coefficient (Wildman–Crippen LogP) is 1.08. The molecule has 4 N–H and O–H groups in total. The van der Waals surface area contributed by atoms with Gasteiger partial charge in [0.05, 0.1) is 18.6 Å². The third kappa shape index (κ3) is 8.04. The van der Waals surface area contributed by atoms with Gasteiger partial charge >= 0.3 is 0 Å². The Balaban J connectivity index is 1.57. The monoisotopic (exact) mass is 484 g/mol. The van der Waals surface area contributed by atoms with E-state index in [2.05, 4.69) is 21.4 Å². The highest BCUT2D eigenvalue weighted by molar-refractivity contribution is 5.95. The Morgan fingerprint density at radius 2 is 1.71 bits per heavy atom. The summed E-state index contributed by atoms with van der Waals surface area (Å²) in [6, 6.07) is 11.6. The first-order chi connectivity index (χ1) is 16.5. The van der Waals surface area contributed by atoms with E-state index in [1.165, 1.54) is 6.92 Å². The largest absolute Gasteiger partial charge is 0.363 e. The van der Waals surface area contributed by atoms with E-state index in [-0.39, 0.29) is 19.6 Å². The number of fused-ring (bicyclic) bond motifs is 1. The molecule has 1 fully saturated rings. The number of epoxide rings is 1. The van der Waals surface area contributed by atoms with Crippen molar-refractivity contribution in [3.05, 3.63) is 48.0 Å². The van der Waals surface area contributed by atoms with Crippen molar-refractivity contribution in [1.29, 1.82) is 0 Å². The highest BCUT2D eigenvalue weighted by atomic mass is 16.7. The quantitative estimate of drug-likeness (QED) is 0.294. The molecule has 0 bridgehead atoms. The molecule has 2 aromatic carbocycles. The van der Waals surface area contributed by atoms with Crippen LogP contribution in [0.25, 0.3) is 10.8 Å². The number of ether oxygens (including phenoxy) is 1. The molecule has 10 nitrogen and oxygen atoms in total. The van der Waals surface area contributed by atoms with E-state index in [1.54, 1.807) is 20.8 Å². The molecule has 1 heterocycles. The minimum absolute atomic E-state index is 0.256. The van der Waals surface area contributed by atoms with Crippen molar-refractivity contribution < 1.29 is 28.8 Å². The average Bonchev–Trinajstić information content (AvgIpc) is 3.66. The fourth-order valence-corrected chi connectivity index (χ4v) is 3.27. The van der Waals surface area contributed by atoms with Gasteiger partial charge in [0.15, 0.2) is 6.10 Å². The second kappa shape index (κ2) is 11.3. The van der Waals surface area contributed by atoms with Gasteiger partial charge in [-0.1, -0.05) is 42.5 Å². The molecule has 0 spiro atoms. The SMILES string of the molecule is C[C@H](NC(=O)C(CC(=O)NOC(C)(C)C)NC(=O)C1CO1)C(=O)NCc1cccc2ccccc12. The van der Waals surface area contributed by atoms with Gasteiger partial charge in [-0.25, -0.2) is 5.48 Å². The molecule has 4 amide bonds. The number of benzene rings is 2. The van der Waals surface area contributed by atoms with Crippen molar-refractivity contribution in [2.24, 2.45) is 0 Å². The smallest absolute Gasteiger partial charge is 0.252 e. The number of carbonyl (C=O) groups is 4. The van der Waals surface area contributed by atoms with E-state index in [0.717, 1.165) is 16.3 Å². The van der Waals surface area contributed by atoms with Crippen molar-refractivity contribution in [1.82, 2.24) is 21.4 Å². The standard InChI is InChI=1S/C25H32N4O6/c1-15(22(31)26-13-17-10-7-9-16-8-5-6-11-18(16)17)27-23(32)19(28-24(33)20-14-34-20)12-21(30)29-35-25(2,3)4/h5-11,15,19-20H,12-14H2,1-4H3,(H,26,31)(H,27,32)(H,28,33)(H,29,30)/t15-,19?,20?/m0/s1. The lowest BCUT2D eigenvalue weighted by atomic mass is 10.0. The fraction of sp³-hybridized carbons (Fsp3) is 0.440. The Kier molecular flexibility index (Phi) is 8.42. The van der Waals surface area contributed by atoms with Gasteiger partial charge in [0.1, 0.15) is 12.1 Å². The van der Waals surface area contributed by atoms with Gasteiger partial charge in [0.2, 0.25) is 17.7 Å². The fourth-order valence-electron chi connectivity index (χ4n) is 3.27. The first kappa shape index (κ1) is 26.1. The molecule has 3 rings (SSSR count). The number of hydroxylamine groups is 1. The van der Waals surface area contributed by atoms with Gasteiger partial charge in [-0.15, -0.1) is 0 Å². The molecule has 0 aliphatic carbocycles. The molecule has 2 unspecified atom stereocenters. The van der Waals surface area contributed by atoms with E-state index in [0.29, 0.717) is 0 Å². The average molecular weight is 485 g/mol. The molecule has 1 saturated heterocycles. The summed E-state index contributed by atoms with van der Waals surface area (Å²) < 4.78 is 4.94. The summed E-state index contributed by atoms with van der Waals surface area (Å²) in [6.07, 6.45) is -1.01. The number of hydrogen-bond donors (Lipinski definition) is 4. The second-order valence-corrected chi connectivity index (χ2v) is 9.41. The number of amides is 4. The Morgan fingerprint density at radius 1 is 1.03 bits per heavy atom. The number of carbonyl (C=O) groups excluding carboxylic acids is 4.